The van der Waals surface area contributed by atoms with E-state index in [2.05, 4.69) is 20.9 Å². The first-order valence-corrected chi connectivity index (χ1v) is 9.52. The van der Waals surface area contributed by atoms with Gasteiger partial charge >= 0.3 is 11.9 Å². The summed E-state index contributed by atoms with van der Waals surface area (Å²) in [6.07, 6.45) is 4.08. The highest BCUT2D eigenvalue weighted by atomic mass is 79.9. The van der Waals surface area contributed by atoms with Crippen LogP contribution in [0.4, 0.5) is 5.69 Å². The minimum absolute atomic E-state index is 0.0677. The van der Waals surface area contributed by atoms with Crippen molar-refractivity contribution in [2.75, 3.05) is 4.90 Å². The Bertz CT molecular complexity index is 938. The van der Waals surface area contributed by atoms with Gasteiger partial charge in [0.05, 0.1) is 11.9 Å². The van der Waals surface area contributed by atoms with Gasteiger partial charge in [-0.15, -0.1) is 0 Å². The molecule has 2 heterocycles. The number of amides is 1. The smallest absolute Gasteiger partial charge is 0.266 e. The van der Waals surface area contributed by atoms with Crippen LogP contribution < -0.4 is 9.80 Å². The highest BCUT2D eigenvalue weighted by Crippen LogP contribution is 2.37. The number of fused-ring (bicyclic) bond motifs is 1. The maximum atomic E-state index is 13.4. The number of anilines is 1. The summed E-state index contributed by atoms with van der Waals surface area (Å²) in [6.45, 7) is 1.93. The van der Waals surface area contributed by atoms with Gasteiger partial charge in [0.1, 0.15) is 0 Å². The Balaban J connectivity index is 1.75. The maximum absolute atomic E-state index is 13.4. The van der Waals surface area contributed by atoms with Crippen molar-refractivity contribution in [1.82, 2.24) is 4.90 Å². The number of rotatable bonds is 3. The first kappa shape index (κ1) is 17.7. The zero-order chi connectivity index (χ0) is 18.5. The fourth-order valence-corrected chi connectivity index (χ4v) is 4.12. The molecule has 2 aromatic rings. The molecule has 1 amide bonds. The van der Waals surface area contributed by atoms with Crippen molar-refractivity contribution in [1.29, 1.82) is 0 Å². The van der Waals surface area contributed by atoms with Gasteiger partial charge in [0.2, 0.25) is 5.54 Å². The van der Waals surface area contributed by atoms with Crippen LogP contribution in [-0.4, -0.2) is 17.4 Å². The van der Waals surface area contributed by atoms with Crippen molar-refractivity contribution in [3.05, 3.63) is 74.9 Å². The molecule has 4 nitrogen and oxygen atoms in total. The van der Waals surface area contributed by atoms with Gasteiger partial charge in [0.25, 0.3) is 0 Å². The summed E-state index contributed by atoms with van der Waals surface area (Å²) in [5.41, 5.74) is 0.892. The maximum Gasteiger partial charge on any atom is 0.372 e. The van der Waals surface area contributed by atoms with Crippen LogP contribution in [0.3, 0.4) is 0 Å². The average Bonchev–Trinajstić information content (AvgIpc) is 3.12. The second-order valence-electron chi connectivity index (χ2n) is 6.44. The third kappa shape index (κ3) is 2.89. The molecule has 1 saturated heterocycles. The van der Waals surface area contributed by atoms with Crippen LogP contribution in [0.5, 0.6) is 0 Å². The molecule has 0 spiro atoms. The Morgan fingerprint density at radius 1 is 1.15 bits per heavy atom. The van der Waals surface area contributed by atoms with E-state index in [0.717, 1.165) is 10.0 Å². The second-order valence-corrected chi connectivity index (χ2v) is 8.23. The van der Waals surface area contributed by atoms with Crippen molar-refractivity contribution in [2.24, 2.45) is 4.99 Å². The molecule has 4 rings (SSSR count). The monoisotopic (exact) mass is 449 g/mol. The van der Waals surface area contributed by atoms with Gasteiger partial charge in [-0.05, 0) is 35.9 Å². The Kier molecular flexibility index (Phi) is 4.43. The lowest BCUT2D eigenvalue weighted by Gasteiger charge is -2.19. The Hall–Kier alpha value is -1.66. The second kappa shape index (κ2) is 6.50. The van der Waals surface area contributed by atoms with Gasteiger partial charge in [-0.3, -0.25) is 4.79 Å². The van der Waals surface area contributed by atoms with Gasteiger partial charge in [-0.1, -0.05) is 56.2 Å². The molecule has 0 N–H and O–H groups in total. The number of guanidine groups is 1. The number of nitrogens with zero attached hydrogens (tertiary/aromatic N) is 3. The molecule has 2 aliphatic heterocycles. The molecule has 26 heavy (non-hydrogen) atoms. The number of aliphatic imine (C=N–C) groups is 1. The molecule has 1 unspecified atom stereocenters. The number of carbonyl (C=O) groups is 1. The number of hydrogen-bond acceptors (Lipinski definition) is 3. The first-order chi connectivity index (χ1) is 12.4. The summed E-state index contributed by atoms with van der Waals surface area (Å²) in [4.78, 5) is 21.3. The van der Waals surface area contributed by atoms with E-state index in [1.807, 2.05) is 42.3 Å². The summed E-state index contributed by atoms with van der Waals surface area (Å²) in [6, 6.07) is 13.0. The van der Waals surface area contributed by atoms with E-state index in [9.17, 15) is 4.79 Å². The predicted molar refractivity (Wildman–Crippen MR) is 109 cm³/mol. The van der Waals surface area contributed by atoms with Crippen molar-refractivity contribution < 1.29 is 4.79 Å². The zero-order valence-corrected chi connectivity index (χ0v) is 16.9. The quantitative estimate of drug-likeness (QED) is 0.600. The number of halogens is 3. The Morgan fingerprint density at radius 2 is 1.81 bits per heavy atom. The fourth-order valence-electron chi connectivity index (χ4n) is 3.34. The largest absolute Gasteiger partial charge is 0.372 e. The topological polar surface area (TPSA) is 38.6 Å². The first-order valence-electron chi connectivity index (χ1n) is 7.97. The summed E-state index contributed by atoms with van der Waals surface area (Å²) in [7, 11) is 0. The SMILES string of the molecule is CC1(Cc2ccc(Br)cc2)C(=O)N(c2cc(Cl)cc(Cl)c2)C2=NC=C[N+]21. The molecule has 0 bridgehead atoms. The van der Waals surface area contributed by atoms with Gasteiger partial charge in [0.15, 0.2) is 6.20 Å². The van der Waals surface area contributed by atoms with Crippen LogP contribution >= 0.6 is 39.1 Å². The van der Waals surface area contributed by atoms with Crippen LogP contribution in [0.1, 0.15) is 12.5 Å². The molecule has 1 atom stereocenters. The number of hydrogen-bond donors (Lipinski definition) is 0. The highest BCUT2D eigenvalue weighted by molar-refractivity contribution is 9.10. The highest BCUT2D eigenvalue weighted by Gasteiger charge is 2.63. The summed E-state index contributed by atoms with van der Waals surface area (Å²) >= 11 is 15.7. The minimum Gasteiger partial charge on any atom is -0.266 e. The number of benzene rings is 2. The van der Waals surface area contributed by atoms with Crippen LogP contribution in [0, 0.1) is 0 Å². The Morgan fingerprint density at radius 3 is 2.46 bits per heavy atom. The fraction of sp³-hybridized carbons (Fsp3) is 0.158. The van der Waals surface area contributed by atoms with E-state index in [0.29, 0.717) is 28.1 Å². The molecule has 2 aliphatic rings. The van der Waals surface area contributed by atoms with E-state index in [1.165, 1.54) is 0 Å². The van der Waals surface area contributed by atoms with Crippen molar-refractivity contribution >= 4 is 56.7 Å². The van der Waals surface area contributed by atoms with Gasteiger partial charge < -0.3 is 0 Å². The molecule has 7 heteroatoms. The van der Waals surface area contributed by atoms with Crippen LogP contribution in [0.25, 0.3) is 0 Å². The van der Waals surface area contributed by atoms with Crippen molar-refractivity contribution in [3.8, 4) is 0 Å². The lowest BCUT2D eigenvalue weighted by molar-refractivity contribution is -0.122. The van der Waals surface area contributed by atoms with Gasteiger partial charge in [-0.25, -0.2) is 4.90 Å². The molecule has 0 aliphatic carbocycles. The van der Waals surface area contributed by atoms with Gasteiger partial charge in [0, 0.05) is 27.9 Å². The third-order valence-electron chi connectivity index (χ3n) is 4.58. The lowest BCUT2D eigenvalue weighted by atomic mass is 9.91. The normalized spacial score (nSPS) is 22.1. The molecular formula is C19H14BrCl2N3O+. The molecule has 2 aromatic carbocycles. The standard InChI is InChI=1S/C19H14BrCl2N3O/c1-19(11-12-2-4-13(20)5-3-12)17(26)25(18-23-6-7-24(18)19)16-9-14(21)8-15(22)10-16/h2-10H,11H2,1H3/q+1. The predicted octanol–water partition coefficient (Wildman–Crippen LogP) is 5.08. The van der Waals surface area contributed by atoms with E-state index >= 15 is 0 Å². The van der Waals surface area contributed by atoms with Crippen LogP contribution in [0.2, 0.25) is 10.0 Å². The summed E-state index contributed by atoms with van der Waals surface area (Å²) in [5, 5.41) is 0.944. The van der Waals surface area contributed by atoms with Gasteiger partial charge in [-0.2, -0.15) is 4.99 Å². The van der Waals surface area contributed by atoms with Crippen LogP contribution in [0.15, 0.2) is 64.3 Å². The number of carbonyl (C=O) groups excluding carboxylic acids is 1. The van der Waals surface area contributed by atoms with Crippen molar-refractivity contribution in [2.45, 2.75) is 18.9 Å². The summed E-state index contributed by atoms with van der Waals surface area (Å²) < 4.78 is 1.00. The van der Waals surface area contributed by atoms with Crippen LogP contribution in [-0.2, 0) is 11.2 Å². The molecule has 1 radical (unpaired) electrons. The summed E-state index contributed by atoms with van der Waals surface area (Å²) in [5.74, 6) is 0.495. The molecular weight excluding hydrogens is 437 g/mol. The van der Waals surface area contributed by atoms with E-state index in [1.54, 1.807) is 29.3 Å². The Labute approximate surface area is 169 Å². The van der Waals surface area contributed by atoms with E-state index in [4.69, 9.17) is 23.2 Å². The minimum atomic E-state index is -0.783. The van der Waals surface area contributed by atoms with E-state index in [-0.39, 0.29) is 5.91 Å². The molecule has 1 fully saturated rings. The average molecular weight is 451 g/mol. The zero-order valence-electron chi connectivity index (χ0n) is 13.8. The molecule has 0 saturated carbocycles. The van der Waals surface area contributed by atoms with E-state index < -0.39 is 5.54 Å². The molecule has 0 aromatic heterocycles. The third-order valence-corrected chi connectivity index (χ3v) is 5.55. The van der Waals surface area contributed by atoms with Crippen molar-refractivity contribution in [3.63, 3.8) is 0 Å². The lowest BCUT2D eigenvalue weighted by Crippen LogP contribution is -2.49. The molecule has 131 valence electrons.